The van der Waals surface area contributed by atoms with Gasteiger partial charge in [0, 0.05) is 29.1 Å². The number of aromatic amines is 1. The molecule has 0 fully saturated rings. The lowest BCUT2D eigenvalue weighted by Crippen LogP contribution is -2.24. The molecule has 3 aromatic rings. The molecule has 158 valence electrons. The number of benzene rings is 2. The molecule has 7 nitrogen and oxygen atoms in total. The summed E-state index contributed by atoms with van der Waals surface area (Å²) < 4.78 is 21.3. The number of rotatable bonds is 9. The van der Waals surface area contributed by atoms with Crippen LogP contribution in [0.2, 0.25) is 0 Å². The van der Waals surface area contributed by atoms with E-state index in [4.69, 9.17) is 18.9 Å². The summed E-state index contributed by atoms with van der Waals surface area (Å²) in [4.78, 5) is 28.1. The fourth-order valence-electron chi connectivity index (χ4n) is 3.33. The molecule has 30 heavy (non-hydrogen) atoms. The van der Waals surface area contributed by atoms with Gasteiger partial charge in [0.25, 0.3) is 0 Å². The van der Waals surface area contributed by atoms with E-state index in [-0.39, 0.29) is 12.2 Å². The van der Waals surface area contributed by atoms with Crippen LogP contribution >= 0.6 is 0 Å². The monoisotopic (exact) mass is 411 g/mol. The molecule has 1 unspecified atom stereocenters. The topological polar surface area (TPSA) is 86.9 Å². The Labute approximate surface area is 174 Å². The third-order valence-electron chi connectivity index (χ3n) is 4.87. The average molecular weight is 411 g/mol. The molecule has 1 aromatic heterocycles. The predicted molar refractivity (Wildman–Crippen MR) is 113 cm³/mol. The Morgan fingerprint density at radius 1 is 1.00 bits per heavy atom. The van der Waals surface area contributed by atoms with Crippen molar-refractivity contribution >= 4 is 22.7 Å². The predicted octanol–water partition coefficient (Wildman–Crippen LogP) is 3.94. The van der Waals surface area contributed by atoms with Crippen molar-refractivity contribution in [2.75, 3.05) is 21.3 Å². The first-order chi connectivity index (χ1) is 14.5. The molecule has 3 rings (SSSR count). The first-order valence-electron chi connectivity index (χ1n) is 9.57. The number of carbonyl (C=O) groups is 2. The highest BCUT2D eigenvalue weighted by Crippen LogP contribution is 2.38. The molecule has 2 aromatic carbocycles. The second kappa shape index (κ2) is 9.35. The van der Waals surface area contributed by atoms with E-state index >= 15 is 0 Å². The summed E-state index contributed by atoms with van der Waals surface area (Å²) in [6, 6.07) is 11.1. The van der Waals surface area contributed by atoms with Crippen molar-refractivity contribution in [3.63, 3.8) is 0 Å². The smallest absolute Gasteiger partial charge is 0.306 e. The van der Waals surface area contributed by atoms with Gasteiger partial charge in [-0.2, -0.15) is 0 Å². The van der Waals surface area contributed by atoms with Gasteiger partial charge in [-0.25, -0.2) is 0 Å². The summed E-state index contributed by atoms with van der Waals surface area (Å²) in [6.45, 7) is 1.58. The van der Waals surface area contributed by atoms with E-state index < -0.39 is 12.1 Å². The third-order valence-corrected chi connectivity index (χ3v) is 4.87. The van der Waals surface area contributed by atoms with Crippen molar-refractivity contribution in [1.29, 1.82) is 0 Å². The summed E-state index contributed by atoms with van der Waals surface area (Å²) in [7, 11) is 4.60. The number of esters is 1. The number of hydrogen-bond donors (Lipinski definition) is 1. The Hall–Kier alpha value is -3.48. The van der Waals surface area contributed by atoms with Crippen LogP contribution in [-0.4, -0.2) is 44.2 Å². The highest BCUT2D eigenvalue weighted by molar-refractivity contribution is 6.10. The number of aromatic nitrogens is 1. The molecule has 1 N–H and O–H groups in total. The molecule has 0 spiro atoms. The van der Waals surface area contributed by atoms with Crippen molar-refractivity contribution in [2.24, 2.45) is 0 Å². The zero-order valence-corrected chi connectivity index (χ0v) is 17.5. The van der Waals surface area contributed by atoms with E-state index in [2.05, 4.69) is 4.98 Å². The Balaban J connectivity index is 1.63. The number of hydrogen-bond acceptors (Lipinski definition) is 6. The Morgan fingerprint density at radius 2 is 1.67 bits per heavy atom. The van der Waals surface area contributed by atoms with Crippen molar-refractivity contribution in [3.8, 4) is 17.2 Å². The van der Waals surface area contributed by atoms with Gasteiger partial charge in [0.1, 0.15) is 0 Å². The molecule has 1 atom stereocenters. The molecule has 0 aliphatic rings. The molecule has 0 amide bonds. The number of H-pyrrole nitrogens is 1. The Morgan fingerprint density at radius 3 is 2.30 bits per heavy atom. The summed E-state index contributed by atoms with van der Waals surface area (Å²) in [5.41, 5.74) is 2.20. The second-order valence-electron chi connectivity index (χ2n) is 6.78. The second-order valence-corrected chi connectivity index (χ2v) is 6.78. The fraction of sp³-hybridized carbons (Fsp3) is 0.304. The van der Waals surface area contributed by atoms with E-state index in [0.717, 1.165) is 16.5 Å². The quantitative estimate of drug-likeness (QED) is 0.424. The minimum Gasteiger partial charge on any atom is -0.493 e. The van der Waals surface area contributed by atoms with Crippen LogP contribution in [0.15, 0.2) is 42.6 Å². The van der Waals surface area contributed by atoms with E-state index in [1.165, 1.54) is 21.3 Å². The molecule has 7 heteroatoms. The lowest BCUT2D eigenvalue weighted by molar-refractivity contribution is -0.146. The van der Waals surface area contributed by atoms with Crippen molar-refractivity contribution in [3.05, 3.63) is 53.7 Å². The number of ketones is 1. The minimum atomic E-state index is -0.878. The van der Waals surface area contributed by atoms with Gasteiger partial charge in [-0.15, -0.1) is 0 Å². The van der Waals surface area contributed by atoms with Crippen molar-refractivity contribution in [1.82, 2.24) is 4.98 Å². The van der Waals surface area contributed by atoms with Gasteiger partial charge < -0.3 is 23.9 Å². The number of ether oxygens (including phenoxy) is 4. The van der Waals surface area contributed by atoms with Gasteiger partial charge >= 0.3 is 5.97 Å². The normalized spacial score (nSPS) is 11.7. The number of nitrogens with one attached hydrogen (secondary N) is 1. The van der Waals surface area contributed by atoms with Crippen LogP contribution in [0.1, 0.15) is 29.3 Å². The molecular weight excluding hydrogens is 386 g/mol. The summed E-state index contributed by atoms with van der Waals surface area (Å²) in [6.07, 6.45) is 1.29. The zero-order valence-electron chi connectivity index (χ0n) is 17.5. The van der Waals surface area contributed by atoms with Crippen LogP contribution < -0.4 is 14.2 Å². The van der Waals surface area contributed by atoms with Gasteiger partial charge in [0.15, 0.2) is 17.6 Å². The standard InChI is InChI=1S/C23H25NO6/c1-14(22(26)17-13-24-18-8-6-5-7-16(17)18)30-21(25)10-9-15-11-19(27-2)23(29-4)20(12-15)28-3/h5-8,11-14,24H,9-10H2,1-4H3. The van der Waals surface area contributed by atoms with E-state index in [9.17, 15) is 9.59 Å². The fourth-order valence-corrected chi connectivity index (χ4v) is 3.33. The highest BCUT2D eigenvalue weighted by atomic mass is 16.5. The van der Waals surface area contributed by atoms with Crippen LogP contribution in [0, 0.1) is 0 Å². The number of para-hydroxylation sites is 1. The first-order valence-corrected chi connectivity index (χ1v) is 9.57. The van der Waals surface area contributed by atoms with Crippen LogP contribution in [0.5, 0.6) is 17.2 Å². The SMILES string of the molecule is COc1cc(CCC(=O)OC(C)C(=O)c2c[nH]c3ccccc23)cc(OC)c1OC. The van der Waals surface area contributed by atoms with Crippen LogP contribution in [-0.2, 0) is 16.0 Å². The molecule has 0 saturated heterocycles. The zero-order chi connectivity index (χ0) is 21.7. The maximum absolute atomic E-state index is 12.7. The summed E-state index contributed by atoms with van der Waals surface area (Å²) >= 11 is 0. The Kier molecular flexibility index (Phi) is 6.61. The number of carbonyl (C=O) groups excluding carboxylic acids is 2. The van der Waals surface area contributed by atoms with E-state index in [1.807, 2.05) is 24.3 Å². The molecule has 0 saturated carbocycles. The minimum absolute atomic E-state index is 0.115. The molecule has 1 heterocycles. The maximum atomic E-state index is 12.7. The largest absolute Gasteiger partial charge is 0.493 e. The van der Waals surface area contributed by atoms with Gasteiger partial charge in [0.2, 0.25) is 11.5 Å². The molecule has 0 radical (unpaired) electrons. The van der Waals surface area contributed by atoms with E-state index in [0.29, 0.717) is 29.2 Å². The first kappa shape index (κ1) is 21.2. The van der Waals surface area contributed by atoms with Crippen molar-refractivity contribution < 1.29 is 28.5 Å². The lowest BCUT2D eigenvalue weighted by Gasteiger charge is -2.15. The lowest BCUT2D eigenvalue weighted by atomic mass is 10.1. The summed E-state index contributed by atoms with van der Waals surface area (Å²) in [5.74, 6) is 0.827. The number of methoxy groups -OCH3 is 3. The highest BCUT2D eigenvalue weighted by Gasteiger charge is 2.22. The molecule has 0 aliphatic carbocycles. The Bertz CT molecular complexity index is 1030. The molecule has 0 bridgehead atoms. The van der Waals surface area contributed by atoms with Crippen molar-refractivity contribution in [2.45, 2.75) is 25.9 Å². The van der Waals surface area contributed by atoms with Gasteiger partial charge in [-0.1, -0.05) is 18.2 Å². The number of fused-ring (bicyclic) bond motifs is 1. The third kappa shape index (κ3) is 4.40. The molecule has 0 aliphatic heterocycles. The van der Waals surface area contributed by atoms with Crippen LogP contribution in [0.4, 0.5) is 0 Å². The van der Waals surface area contributed by atoms with Gasteiger partial charge in [-0.05, 0) is 37.1 Å². The van der Waals surface area contributed by atoms with Crippen LogP contribution in [0.3, 0.4) is 0 Å². The van der Waals surface area contributed by atoms with E-state index in [1.54, 1.807) is 25.3 Å². The number of aryl methyl sites for hydroxylation is 1. The average Bonchev–Trinajstić information content (AvgIpc) is 3.20. The van der Waals surface area contributed by atoms with Crippen LogP contribution in [0.25, 0.3) is 10.9 Å². The summed E-state index contributed by atoms with van der Waals surface area (Å²) in [5, 5.41) is 0.808. The van der Waals surface area contributed by atoms with Gasteiger partial charge in [-0.3, -0.25) is 9.59 Å². The van der Waals surface area contributed by atoms with Gasteiger partial charge in [0.05, 0.1) is 21.3 Å². The maximum Gasteiger partial charge on any atom is 0.306 e. The molecular formula is C23H25NO6. The number of Topliss-reactive ketones (excluding diaryl/α,β-unsaturated/α-hetero) is 1.